The molecule has 28 heteroatoms. The molecule has 4 aromatic heterocycles. The first-order valence-corrected chi connectivity index (χ1v) is 40.7. The fourth-order valence-corrected chi connectivity index (χ4v) is 15.0. The van der Waals surface area contributed by atoms with E-state index in [-0.39, 0.29) is 82.5 Å². The molecule has 6 fully saturated rings. The number of nitrogens with one attached hydrogen (secondary N) is 4. The van der Waals surface area contributed by atoms with Crippen LogP contribution in [0.15, 0.2) is 219 Å². The van der Waals surface area contributed by atoms with Crippen LogP contribution in [0.5, 0.6) is 0 Å². The number of amides is 1. The van der Waals surface area contributed by atoms with Crippen molar-refractivity contribution in [1.82, 2.24) is 30.2 Å². The van der Waals surface area contributed by atoms with Crippen LogP contribution in [0.2, 0.25) is 0 Å². The largest absolute Gasteiger partial charge is 1.00 e. The van der Waals surface area contributed by atoms with Crippen molar-refractivity contribution < 1.29 is 79.7 Å². The molecule has 3 unspecified atom stereocenters. The summed E-state index contributed by atoms with van der Waals surface area (Å²) in [5, 5.41) is 21.5. The number of carbonyl (C=O) groups excluding carboxylic acids is 3. The number of nitrogens with two attached hydrogens (primary N) is 1. The number of para-hydroxylation sites is 4. The fourth-order valence-electron chi connectivity index (χ4n) is 15.0. The Bertz CT molecular complexity index is 4770. The second-order valence-corrected chi connectivity index (χ2v) is 29.5. The number of nitrogen functional groups attached to an aromatic ring is 1. The summed E-state index contributed by atoms with van der Waals surface area (Å²) >= 11 is 0. The maximum atomic E-state index is 14.6. The molecule has 6 saturated heterocycles. The van der Waals surface area contributed by atoms with Gasteiger partial charge in [-0.1, -0.05) is 103 Å². The number of hydrogen-bond acceptors (Lipinski definition) is 19. The van der Waals surface area contributed by atoms with Gasteiger partial charge in [-0.15, -0.1) is 0 Å². The van der Waals surface area contributed by atoms with E-state index >= 15 is 0 Å². The van der Waals surface area contributed by atoms with Crippen LogP contribution in [0.1, 0.15) is 171 Å². The molecule has 0 radical (unpaired) electrons. The smallest absolute Gasteiger partial charge is 0.870 e. The number of anilines is 8. The summed E-state index contributed by atoms with van der Waals surface area (Å²) in [4.78, 5) is 76.6. The molecule has 0 spiro atoms. The molecule has 8 N–H and O–H groups in total. The van der Waals surface area contributed by atoms with Crippen molar-refractivity contribution >= 4 is 70.2 Å². The molecule has 10 aromatic rings. The molecular formula is C92H105F6LiN14O7. The van der Waals surface area contributed by atoms with Crippen molar-refractivity contribution in [3.8, 4) is 0 Å². The Morgan fingerprint density at radius 2 is 0.800 bits per heavy atom. The number of aliphatic carboxylic acids is 1. The summed E-state index contributed by atoms with van der Waals surface area (Å²) < 4.78 is 87.1. The van der Waals surface area contributed by atoms with E-state index in [1.54, 1.807) is 121 Å². The summed E-state index contributed by atoms with van der Waals surface area (Å²) in [5.41, 5.74) is 9.75. The number of pyridine rings is 4. The molecular weight excluding hydrogens is 1530 g/mol. The predicted octanol–water partition coefficient (Wildman–Crippen LogP) is 15.2. The van der Waals surface area contributed by atoms with Crippen LogP contribution in [0, 0.1) is 34.9 Å². The fraction of sp³-hybridized carbons (Fsp3) is 0.348. The van der Waals surface area contributed by atoms with Gasteiger partial charge in [-0.05, 0) is 200 Å². The second kappa shape index (κ2) is 47.9. The number of carbonyl (C=O) groups is 4. The number of methoxy groups -OCH3 is 1. The number of esters is 1. The third kappa shape index (κ3) is 26.5. The number of aromatic nitrogens is 4. The van der Waals surface area contributed by atoms with Crippen LogP contribution < -0.4 is 65.5 Å². The molecule has 6 aliphatic rings. The first kappa shape index (κ1) is 92.4. The van der Waals surface area contributed by atoms with E-state index in [0.29, 0.717) is 40.8 Å². The molecule has 0 saturated carbocycles. The zero-order valence-electron chi connectivity index (χ0n) is 67.9. The Hall–Kier alpha value is -11.5. The van der Waals surface area contributed by atoms with Gasteiger partial charge in [0.15, 0.2) is 18.4 Å². The van der Waals surface area contributed by atoms with Crippen LogP contribution in [0.25, 0.3) is 0 Å². The van der Waals surface area contributed by atoms with Crippen LogP contribution in [0.4, 0.5) is 72.4 Å². The Morgan fingerprint density at radius 1 is 0.433 bits per heavy atom. The average Bonchev–Trinajstić information content (AvgIpc) is 1.55. The number of ether oxygens (including phenoxy) is 1. The van der Waals surface area contributed by atoms with Crippen molar-refractivity contribution in [2.75, 3.05) is 114 Å². The van der Waals surface area contributed by atoms with Crippen LogP contribution in [0.3, 0.4) is 0 Å². The Balaban J connectivity index is 0.000000172. The number of hydrogen-bond donors (Lipinski definition) is 6. The quantitative estimate of drug-likeness (QED) is 0.0144. The van der Waals surface area contributed by atoms with Gasteiger partial charge in [-0.2, -0.15) is 0 Å². The van der Waals surface area contributed by atoms with Gasteiger partial charge < -0.3 is 66.8 Å². The van der Waals surface area contributed by atoms with Crippen LogP contribution >= 0.6 is 0 Å². The summed E-state index contributed by atoms with van der Waals surface area (Å²) in [6, 6.07) is 50.4. The van der Waals surface area contributed by atoms with Gasteiger partial charge in [0.05, 0.1) is 35.9 Å². The molecule has 1 amide bonds. The maximum Gasteiger partial charge on any atom is 1.00 e. The van der Waals surface area contributed by atoms with Gasteiger partial charge in [0, 0.05) is 123 Å². The van der Waals surface area contributed by atoms with Crippen molar-refractivity contribution in [3.05, 3.63) is 287 Å². The molecule has 10 heterocycles. The standard InChI is InChI=1S/C28H30F2N4O.C19H22FN3O2.C18H20FN3O2.C11H14N2O.C10H12FN.C6H6FN.Li.H2O/c29-22-10-3-2-9-21(22)25-13-8-18-34(25)28(35)27(32-24-12-5-4-11-23(24)30)20-14-15-26(31-19-20)33-16-6-1-7-17-33;1-25-19(24)18(22-16-8-4-3-7-15(16)20)14-9-10-17(21-13-14)23-11-5-2-6-12-23;19-14-6-2-3-7-15(14)21-17(18(23)24)13-8-9-16(20-12-13)22-10-4-1-5-11-22;14-9-10-4-5-11(12-8-10)13-6-2-1-3-7-13;11-9-5-2-1-4-8(9)10-6-3-7-12-10;7-5-3-1-2-4-6(5)8;;/h2-5,9-12,14-15,19,25,27,32H,1,6-8,13,16-18H2;3-4,7-10,13,18,22H,2,5-6,11-12H2,1H3;2-3,6-9,12,17,21H,1,4-5,10-11H2,(H,23,24);4-5,8-9H,1-3,6-7H2;1-2,4-5,10,12H,3,6-7H2;1-4H,8H2;;1H2/q;;;;;;+1;/p-1/t25-,27?;;;;10-;;;/m0...0.../s1. The number of carboxylic acid groups (broad SMARTS) is 1. The van der Waals surface area contributed by atoms with E-state index in [0.717, 1.165) is 139 Å². The number of carboxylic acids is 1. The monoisotopic (exact) mass is 1640 g/mol. The minimum atomic E-state index is -1.08. The molecule has 628 valence electrons. The molecule has 120 heavy (non-hydrogen) atoms. The molecule has 21 nitrogen and oxygen atoms in total. The van der Waals surface area contributed by atoms with E-state index in [1.165, 1.54) is 107 Å². The molecule has 0 aliphatic carbocycles. The molecule has 6 aromatic carbocycles. The van der Waals surface area contributed by atoms with Crippen LogP contribution in [-0.4, -0.2) is 132 Å². The summed E-state index contributed by atoms with van der Waals surface area (Å²) in [6.07, 6.45) is 25.5. The number of halogens is 6. The van der Waals surface area contributed by atoms with Gasteiger partial charge >= 0.3 is 30.8 Å². The Morgan fingerprint density at radius 3 is 1.15 bits per heavy atom. The van der Waals surface area contributed by atoms with Gasteiger partial charge in [-0.25, -0.2) is 55.9 Å². The van der Waals surface area contributed by atoms with Gasteiger partial charge in [-0.3, -0.25) is 9.59 Å². The molecule has 16 rings (SSSR count). The molecule has 0 bridgehead atoms. The van der Waals surface area contributed by atoms with Crippen molar-refractivity contribution in [3.63, 3.8) is 0 Å². The van der Waals surface area contributed by atoms with Gasteiger partial charge in [0.2, 0.25) is 5.91 Å². The van der Waals surface area contributed by atoms with Crippen molar-refractivity contribution in [1.29, 1.82) is 0 Å². The van der Waals surface area contributed by atoms with Crippen molar-refractivity contribution in [2.24, 2.45) is 0 Å². The van der Waals surface area contributed by atoms with E-state index < -0.39 is 47.5 Å². The average molecular weight is 1640 g/mol. The molecule has 5 atom stereocenters. The number of nitrogens with zero attached hydrogens (tertiary/aromatic N) is 9. The number of piperidine rings is 4. The number of aldehydes is 1. The second-order valence-electron chi connectivity index (χ2n) is 29.5. The normalized spacial score (nSPS) is 16.8. The topological polar surface area (TPSA) is 270 Å². The van der Waals surface area contributed by atoms with Crippen molar-refractivity contribution in [2.45, 2.75) is 133 Å². The van der Waals surface area contributed by atoms with Gasteiger partial charge in [0.1, 0.15) is 64.2 Å². The number of benzene rings is 6. The minimum absolute atomic E-state index is 0. The third-order valence-corrected chi connectivity index (χ3v) is 21.4. The Kier molecular flexibility index (Phi) is 36.9. The van der Waals surface area contributed by atoms with E-state index in [1.807, 2.05) is 54.6 Å². The number of rotatable bonds is 19. The van der Waals surface area contributed by atoms with E-state index in [9.17, 15) is 50.6 Å². The Labute approximate surface area is 710 Å². The zero-order valence-corrected chi connectivity index (χ0v) is 67.9. The molecule has 6 aliphatic heterocycles. The number of likely N-dealkylation sites (tertiary alicyclic amines) is 1. The summed E-state index contributed by atoms with van der Waals surface area (Å²) in [7, 11) is 1.31. The minimum Gasteiger partial charge on any atom is -0.870 e. The maximum absolute atomic E-state index is 14.6. The summed E-state index contributed by atoms with van der Waals surface area (Å²) in [6.45, 7) is 9.61. The van der Waals surface area contributed by atoms with E-state index in [4.69, 9.17) is 10.5 Å². The SMILES string of the molecule is COC(=O)C(Nc1ccccc1F)c1ccc(N2CCCCC2)nc1.Fc1ccccc1[C@@H]1CCCN1.Nc1ccccc1F.O=C(C(Nc1ccccc1F)c1ccc(N2CCCCC2)nc1)N1CCC[C@H]1c1ccccc1F.O=C(O)C(Nc1ccccc1F)c1ccc(N2CCCCC2)nc1.O=Cc1ccc(N2CCCCC2)nc1.[Li+].[OH-]. The van der Waals surface area contributed by atoms with E-state index in [2.05, 4.69) is 60.8 Å². The van der Waals surface area contributed by atoms with Gasteiger partial charge in [0.25, 0.3) is 0 Å². The summed E-state index contributed by atoms with van der Waals surface area (Å²) in [5.74, 6) is -0.246. The predicted molar refractivity (Wildman–Crippen MR) is 454 cm³/mol. The third-order valence-electron chi connectivity index (χ3n) is 21.4. The first-order valence-electron chi connectivity index (χ1n) is 40.7. The van der Waals surface area contributed by atoms with Crippen LogP contribution in [-0.2, 0) is 19.1 Å². The zero-order chi connectivity index (χ0) is 83.0. The first-order chi connectivity index (χ1) is 57.5.